The molecule has 0 radical (unpaired) electrons. The molecule has 0 aliphatic rings. The maximum Gasteiger partial charge on any atom is 0.254 e. The highest BCUT2D eigenvalue weighted by atomic mass is 16.2. The molecule has 0 aliphatic heterocycles. The Morgan fingerprint density at radius 3 is 2.67 bits per heavy atom. The molecule has 0 saturated carbocycles. The number of carbonyl (C=O) groups excluding carboxylic acids is 1. The van der Waals surface area contributed by atoms with Gasteiger partial charge in [-0.15, -0.1) is 0 Å². The molecule has 1 amide bonds. The normalized spacial score (nSPS) is 11.4. The standard InChI is InChI=1S/C15H21N5O/c1-15(2,3)11-7-10(8-12(16)19-11)14(21)20(4)9-13-17-5-6-18-13/h5-8H,9H2,1-4H3,(H2,16,19)(H,17,18). The SMILES string of the molecule is CN(Cc1ncc[nH]1)C(=O)c1cc(N)nc(C(C)(C)C)c1. The van der Waals surface area contributed by atoms with E-state index >= 15 is 0 Å². The van der Waals surface area contributed by atoms with Crippen molar-refractivity contribution >= 4 is 11.7 Å². The molecule has 0 spiro atoms. The van der Waals surface area contributed by atoms with Crippen LogP contribution in [0.1, 0.15) is 42.6 Å². The molecular weight excluding hydrogens is 266 g/mol. The van der Waals surface area contributed by atoms with Crippen molar-refractivity contribution in [1.29, 1.82) is 0 Å². The van der Waals surface area contributed by atoms with E-state index < -0.39 is 0 Å². The van der Waals surface area contributed by atoms with Gasteiger partial charge in [-0.05, 0) is 12.1 Å². The fourth-order valence-corrected chi connectivity index (χ4v) is 1.96. The molecule has 0 fully saturated rings. The van der Waals surface area contributed by atoms with E-state index in [-0.39, 0.29) is 11.3 Å². The van der Waals surface area contributed by atoms with E-state index in [9.17, 15) is 4.79 Å². The molecule has 6 nitrogen and oxygen atoms in total. The quantitative estimate of drug-likeness (QED) is 0.903. The highest BCUT2D eigenvalue weighted by Gasteiger charge is 2.20. The monoisotopic (exact) mass is 287 g/mol. The molecule has 2 heterocycles. The van der Waals surface area contributed by atoms with Crippen LogP contribution in [0.3, 0.4) is 0 Å². The zero-order valence-electron chi connectivity index (χ0n) is 12.8. The Balaban J connectivity index is 2.24. The van der Waals surface area contributed by atoms with Crippen molar-refractivity contribution in [1.82, 2.24) is 19.9 Å². The van der Waals surface area contributed by atoms with Gasteiger partial charge in [0, 0.05) is 36.1 Å². The summed E-state index contributed by atoms with van der Waals surface area (Å²) in [5.41, 5.74) is 7.01. The van der Waals surface area contributed by atoms with Gasteiger partial charge >= 0.3 is 0 Å². The first-order chi connectivity index (χ1) is 9.77. The van der Waals surface area contributed by atoms with E-state index in [2.05, 4.69) is 15.0 Å². The molecule has 0 bridgehead atoms. The largest absolute Gasteiger partial charge is 0.384 e. The highest BCUT2D eigenvalue weighted by molar-refractivity contribution is 5.94. The summed E-state index contributed by atoms with van der Waals surface area (Å²) in [6.45, 7) is 6.53. The Kier molecular flexibility index (Phi) is 3.97. The molecule has 2 aromatic heterocycles. The van der Waals surface area contributed by atoms with Gasteiger partial charge in [0.2, 0.25) is 0 Å². The predicted molar refractivity (Wildman–Crippen MR) is 81.7 cm³/mol. The lowest BCUT2D eigenvalue weighted by molar-refractivity contribution is 0.0781. The van der Waals surface area contributed by atoms with E-state index in [0.29, 0.717) is 17.9 Å². The fourth-order valence-electron chi connectivity index (χ4n) is 1.96. The summed E-state index contributed by atoms with van der Waals surface area (Å²) in [4.78, 5) is 25.5. The number of nitrogens with one attached hydrogen (secondary N) is 1. The zero-order chi connectivity index (χ0) is 15.6. The van der Waals surface area contributed by atoms with Crippen LogP contribution in [0, 0.1) is 0 Å². The lowest BCUT2D eigenvalue weighted by atomic mass is 9.90. The average molecular weight is 287 g/mol. The first kappa shape index (κ1) is 15.0. The minimum atomic E-state index is -0.163. The fraction of sp³-hybridized carbons (Fsp3) is 0.400. The first-order valence-corrected chi connectivity index (χ1v) is 6.79. The number of nitrogens with zero attached hydrogens (tertiary/aromatic N) is 3. The smallest absolute Gasteiger partial charge is 0.254 e. The summed E-state index contributed by atoms with van der Waals surface area (Å²) >= 11 is 0. The van der Waals surface area contributed by atoms with E-state index in [0.717, 1.165) is 11.5 Å². The van der Waals surface area contributed by atoms with Crippen LogP contribution in [0.5, 0.6) is 0 Å². The van der Waals surface area contributed by atoms with Crippen molar-refractivity contribution in [2.75, 3.05) is 12.8 Å². The molecule has 6 heteroatoms. The number of hydrogen-bond acceptors (Lipinski definition) is 4. The minimum Gasteiger partial charge on any atom is -0.384 e. The molecule has 0 unspecified atom stereocenters. The second-order valence-electron chi connectivity index (χ2n) is 6.11. The van der Waals surface area contributed by atoms with E-state index in [1.54, 1.807) is 36.5 Å². The number of pyridine rings is 1. The Labute approximate surface area is 124 Å². The van der Waals surface area contributed by atoms with Crippen molar-refractivity contribution in [3.63, 3.8) is 0 Å². The van der Waals surface area contributed by atoms with Crippen LogP contribution in [0.25, 0.3) is 0 Å². The van der Waals surface area contributed by atoms with Crippen molar-refractivity contribution < 1.29 is 4.79 Å². The molecule has 21 heavy (non-hydrogen) atoms. The van der Waals surface area contributed by atoms with Gasteiger partial charge in [0.05, 0.1) is 6.54 Å². The number of aromatic nitrogens is 3. The van der Waals surface area contributed by atoms with Crippen molar-refractivity contribution in [2.24, 2.45) is 0 Å². The molecule has 112 valence electrons. The van der Waals surface area contributed by atoms with Gasteiger partial charge in [0.25, 0.3) is 5.91 Å². The van der Waals surface area contributed by atoms with Gasteiger partial charge in [-0.1, -0.05) is 20.8 Å². The number of hydrogen-bond donors (Lipinski definition) is 2. The van der Waals surface area contributed by atoms with E-state index in [4.69, 9.17) is 5.73 Å². The van der Waals surface area contributed by atoms with Crippen LogP contribution in [0.4, 0.5) is 5.82 Å². The number of nitrogens with two attached hydrogens (primary N) is 1. The number of amides is 1. The first-order valence-electron chi connectivity index (χ1n) is 6.79. The van der Waals surface area contributed by atoms with Gasteiger partial charge in [-0.3, -0.25) is 4.79 Å². The van der Waals surface area contributed by atoms with Gasteiger partial charge in [0.15, 0.2) is 0 Å². The maximum atomic E-state index is 12.5. The van der Waals surface area contributed by atoms with Crippen LogP contribution < -0.4 is 5.73 Å². The number of anilines is 1. The molecular formula is C15H21N5O. The van der Waals surface area contributed by atoms with Crippen LogP contribution in [-0.2, 0) is 12.0 Å². The van der Waals surface area contributed by atoms with Gasteiger partial charge in [-0.2, -0.15) is 0 Å². The minimum absolute atomic E-state index is 0.106. The zero-order valence-corrected chi connectivity index (χ0v) is 12.8. The average Bonchev–Trinajstić information content (AvgIpc) is 2.88. The van der Waals surface area contributed by atoms with Crippen LogP contribution in [0.15, 0.2) is 24.5 Å². The summed E-state index contributed by atoms with van der Waals surface area (Å²) in [7, 11) is 1.73. The van der Waals surface area contributed by atoms with Crippen molar-refractivity contribution in [3.8, 4) is 0 Å². The van der Waals surface area contributed by atoms with Crippen molar-refractivity contribution in [2.45, 2.75) is 32.7 Å². The van der Waals surface area contributed by atoms with E-state index in [1.807, 2.05) is 20.8 Å². The molecule has 0 atom stereocenters. The third-order valence-electron chi connectivity index (χ3n) is 3.15. The number of rotatable bonds is 3. The summed E-state index contributed by atoms with van der Waals surface area (Å²) in [5.74, 6) is 0.993. The number of nitrogen functional groups attached to an aromatic ring is 1. The second-order valence-corrected chi connectivity index (χ2v) is 6.11. The van der Waals surface area contributed by atoms with Gasteiger partial charge in [0.1, 0.15) is 11.6 Å². The number of aromatic amines is 1. The maximum absolute atomic E-state index is 12.5. The Morgan fingerprint density at radius 2 is 2.10 bits per heavy atom. The summed E-state index contributed by atoms with van der Waals surface area (Å²) < 4.78 is 0. The highest BCUT2D eigenvalue weighted by Crippen LogP contribution is 2.23. The third kappa shape index (κ3) is 3.59. The third-order valence-corrected chi connectivity index (χ3v) is 3.15. The lowest BCUT2D eigenvalue weighted by Gasteiger charge is -2.21. The Hall–Kier alpha value is -2.37. The van der Waals surface area contributed by atoms with E-state index in [1.165, 1.54) is 0 Å². The second kappa shape index (κ2) is 5.55. The molecule has 0 aliphatic carbocycles. The molecule has 0 saturated heterocycles. The molecule has 2 aromatic rings. The molecule has 2 rings (SSSR count). The molecule has 3 N–H and O–H groups in total. The van der Waals surface area contributed by atoms with Crippen molar-refractivity contribution in [3.05, 3.63) is 41.6 Å². The summed E-state index contributed by atoms with van der Waals surface area (Å²) in [6.07, 6.45) is 3.39. The summed E-state index contributed by atoms with van der Waals surface area (Å²) in [5, 5.41) is 0. The Morgan fingerprint density at radius 1 is 1.38 bits per heavy atom. The number of carbonyl (C=O) groups is 1. The van der Waals surface area contributed by atoms with Gasteiger partial charge in [-0.25, -0.2) is 9.97 Å². The molecule has 0 aromatic carbocycles. The van der Waals surface area contributed by atoms with Gasteiger partial charge < -0.3 is 15.6 Å². The number of imidazole rings is 1. The van der Waals surface area contributed by atoms with Crippen LogP contribution >= 0.6 is 0 Å². The topological polar surface area (TPSA) is 87.9 Å². The summed E-state index contributed by atoms with van der Waals surface area (Å²) in [6, 6.07) is 3.41. The number of H-pyrrole nitrogens is 1. The predicted octanol–water partition coefficient (Wildman–Crippen LogP) is 1.96. The Bertz CT molecular complexity index is 628. The van der Waals surface area contributed by atoms with Crippen LogP contribution in [0.2, 0.25) is 0 Å². The lowest BCUT2D eigenvalue weighted by Crippen LogP contribution is -2.27. The van der Waals surface area contributed by atoms with Crippen LogP contribution in [-0.4, -0.2) is 32.8 Å².